The van der Waals surface area contributed by atoms with E-state index < -0.39 is 23.3 Å². The number of nitrogens with one attached hydrogen (secondary N) is 1. The Bertz CT molecular complexity index is 917. The largest absolute Gasteiger partial charge is 0.484 e. The number of carbonyl (C=O) groups excluding carboxylic acids is 2. The molecule has 1 aliphatic heterocycles. The second kappa shape index (κ2) is 9.65. The van der Waals surface area contributed by atoms with E-state index in [0.29, 0.717) is 23.5 Å². The van der Waals surface area contributed by atoms with Gasteiger partial charge in [-0.1, -0.05) is 12.1 Å². The molecule has 1 aromatic carbocycles. The van der Waals surface area contributed by atoms with Crippen LogP contribution in [0.3, 0.4) is 0 Å². The van der Waals surface area contributed by atoms with E-state index in [2.05, 4.69) is 10.3 Å². The number of amides is 1. The minimum Gasteiger partial charge on any atom is -0.484 e. The average Bonchev–Trinajstić information content (AvgIpc) is 3.23. The zero-order valence-corrected chi connectivity index (χ0v) is 17.8. The highest BCUT2D eigenvalue weighted by Gasteiger charge is 2.37. The Morgan fingerprint density at radius 1 is 1.39 bits per heavy atom. The molecule has 168 valence electrons. The summed E-state index contributed by atoms with van der Waals surface area (Å²) >= 11 is 0.489. The fourth-order valence-corrected chi connectivity index (χ4v) is 3.87. The molecule has 0 radical (unpaired) electrons. The number of aromatic nitrogens is 1. The lowest BCUT2D eigenvalue weighted by atomic mass is 10.0. The third-order valence-electron chi connectivity index (χ3n) is 4.83. The van der Waals surface area contributed by atoms with E-state index in [1.54, 1.807) is 12.1 Å². The third-order valence-corrected chi connectivity index (χ3v) is 5.73. The number of rotatable bonds is 7. The number of esters is 1. The van der Waals surface area contributed by atoms with Crippen molar-refractivity contribution in [1.29, 1.82) is 0 Å². The van der Waals surface area contributed by atoms with Gasteiger partial charge in [0.1, 0.15) is 5.75 Å². The Kier molecular flexibility index (Phi) is 7.16. The Labute approximate surface area is 181 Å². The molecule has 1 fully saturated rings. The predicted octanol–water partition coefficient (Wildman–Crippen LogP) is 2.82. The molecule has 2 heterocycles. The van der Waals surface area contributed by atoms with Gasteiger partial charge in [0.25, 0.3) is 5.91 Å². The van der Waals surface area contributed by atoms with Gasteiger partial charge in [-0.05, 0) is 31.0 Å². The molecule has 2 atom stereocenters. The lowest BCUT2D eigenvalue weighted by Crippen LogP contribution is -2.46. The zero-order valence-electron chi connectivity index (χ0n) is 16.9. The quantitative estimate of drug-likeness (QED) is 0.644. The number of cyclic esters (lactones) is 1. The standard InChI is InChI=1S/C20H22F3N3O4S/c1-12(7-13-3-5-14(6-4-13)29-10-17(27)24-2)26-8-16(30-18(28)9-26)15-11-31-19(25-15)20(21,22)23/h3-6,11-12,16H,7-10H2,1-2H3,(H,24,27). The molecule has 1 aromatic heterocycles. The first-order valence-corrected chi connectivity index (χ1v) is 10.4. The summed E-state index contributed by atoms with van der Waals surface area (Å²) in [5.74, 6) is -0.167. The Morgan fingerprint density at radius 3 is 2.71 bits per heavy atom. The van der Waals surface area contributed by atoms with Crippen molar-refractivity contribution in [1.82, 2.24) is 15.2 Å². The zero-order chi connectivity index (χ0) is 22.6. The average molecular weight is 457 g/mol. The minimum absolute atomic E-state index is 0.0568. The molecule has 1 N–H and O–H groups in total. The maximum atomic E-state index is 12.8. The number of ether oxygens (including phenoxy) is 2. The highest BCUT2D eigenvalue weighted by Crippen LogP contribution is 2.34. The van der Waals surface area contributed by atoms with Gasteiger partial charge in [-0.25, -0.2) is 4.98 Å². The molecule has 2 unspecified atom stereocenters. The van der Waals surface area contributed by atoms with Crippen LogP contribution < -0.4 is 10.1 Å². The number of thiazole rings is 1. The molecule has 31 heavy (non-hydrogen) atoms. The van der Waals surface area contributed by atoms with Crippen LogP contribution in [0.5, 0.6) is 5.75 Å². The molecular weight excluding hydrogens is 435 g/mol. The van der Waals surface area contributed by atoms with Crippen LogP contribution in [0.1, 0.15) is 29.3 Å². The van der Waals surface area contributed by atoms with E-state index in [4.69, 9.17) is 9.47 Å². The van der Waals surface area contributed by atoms with E-state index in [-0.39, 0.29) is 37.3 Å². The maximum Gasteiger partial charge on any atom is 0.443 e. The second-order valence-electron chi connectivity index (χ2n) is 7.14. The number of halogens is 3. The number of hydrogen-bond donors (Lipinski definition) is 1. The summed E-state index contributed by atoms with van der Waals surface area (Å²) in [7, 11) is 1.53. The van der Waals surface area contributed by atoms with Gasteiger partial charge in [0, 0.05) is 25.0 Å². The number of nitrogens with zero attached hydrogens (tertiary/aromatic N) is 2. The van der Waals surface area contributed by atoms with Crippen molar-refractivity contribution in [3.05, 3.63) is 45.9 Å². The minimum atomic E-state index is -4.52. The van der Waals surface area contributed by atoms with E-state index in [9.17, 15) is 22.8 Å². The van der Waals surface area contributed by atoms with E-state index in [0.717, 1.165) is 5.56 Å². The van der Waals surface area contributed by atoms with E-state index >= 15 is 0 Å². The molecule has 0 aliphatic carbocycles. The van der Waals surface area contributed by atoms with Crippen LogP contribution in [0, 0.1) is 0 Å². The highest BCUT2D eigenvalue weighted by molar-refractivity contribution is 7.09. The van der Waals surface area contributed by atoms with Crippen LogP contribution in [-0.4, -0.2) is 54.5 Å². The van der Waals surface area contributed by atoms with Crippen molar-refractivity contribution in [3.63, 3.8) is 0 Å². The second-order valence-corrected chi connectivity index (χ2v) is 8.00. The molecular formula is C20H22F3N3O4S. The number of hydrogen-bond acceptors (Lipinski definition) is 7. The Morgan fingerprint density at radius 2 is 2.10 bits per heavy atom. The van der Waals surface area contributed by atoms with Crippen LogP contribution in [-0.2, 0) is 26.9 Å². The molecule has 1 saturated heterocycles. The van der Waals surface area contributed by atoms with Gasteiger partial charge < -0.3 is 14.8 Å². The lowest BCUT2D eigenvalue weighted by molar-refractivity contribution is -0.161. The molecule has 3 rings (SSSR count). The molecule has 1 aliphatic rings. The summed E-state index contributed by atoms with van der Waals surface area (Å²) < 4.78 is 49.1. The fourth-order valence-electron chi connectivity index (χ4n) is 3.14. The van der Waals surface area contributed by atoms with Crippen LogP contribution in [0.25, 0.3) is 0 Å². The van der Waals surface area contributed by atoms with Gasteiger partial charge in [-0.3, -0.25) is 14.5 Å². The van der Waals surface area contributed by atoms with Crippen LogP contribution in [0.2, 0.25) is 0 Å². The summed E-state index contributed by atoms with van der Waals surface area (Å²) in [4.78, 5) is 28.8. The predicted molar refractivity (Wildman–Crippen MR) is 107 cm³/mol. The maximum absolute atomic E-state index is 12.8. The SMILES string of the molecule is CNC(=O)COc1ccc(CC(C)N2CC(=O)OC(c3csc(C(F)(F)F)n3)C2)cc1. The fraction of sp³-hybridized carbons (Fsp3) is 0.450. The summed E-state index contributed by atoms with van der Waals surface area (Å²) in [6.07, 6.45) is -4.75. The lowest BCUT2D eigenvalue weighted by Gasteiger charge is -2.35. The van der Waals surface area contributed by atoms with Gasteiger partial charge in [-0.15, -0.1) is 11.3 Å². The molecule has 2 aromatic rings. The van der Waals surface area contributed by atoms with Gasteiger partial charge in [-0.2, -0.15) is 13.2 Å². The van der Waals surface area contributed by atoms with Crippen molar-refractivity contribution in [2.75, 3.05) is 26.7 Å². The first-order valence-electron chi connectivity index (χ1n) is 9.54. The van der Waals surface area contributed by atoms with Gasteiger partial charge >= 0.3 is 12.1 Å². The Balaban J connectivity index is 1.60. The number of alkyl halides is 3. The van der Waals surface area contributed by atoms with Gasteiger partial charge in [0.15, 0.2) is 17.7 Å². The molecule has 7 nitrogen and oxygen atoms in total. The van der Waals surface area contributed by atoms with Gasteiger partial charge in [0.05, 0.1) is 12.2 Å². The molecule has 0 spiro atoms. The third kappa shape index (κ3) is 6.17. The van der Waals surface area contributed by atoms with Crippen molar-refractivity contribution in [2.45, 2.75) is 31.7 Å². The van der Waals surface area contributed by atoms with Crippen LogP contribution in [0.4, 0.5) is 13.2 Å². The Hall–Kier alpha value is -2.66. The monoisotopic (exact) mass is 457 g/mol. The van der Waals surface area contributed by atoms with E-state index in [1.807, 2.05) is 24.0 Å². The first-order chi connectivity index (χ1) is 14.7. The number of likely N-dealkylation sites (N-methyl/N-ethyl adjacent to an activating group) is 1. The van der Waals surface area contributed by atoms with Crippen LogP contribution >= 0.6 is 11.3 Å². The smallest absolute Gasteiger partial charge is 0.443 e. The normalized spacial score (nSPS) is 18.4. The highest BCUT2D eigenvalue weighted by atomic mass is 32.1. The van der Waals surface area contributed by atoms with Crippen molar-refractivity contribution in [2.24, 2.45) is 0 Å². The molecule has 11 heteroatoms. The van der Waals surface area contributed by atoms with Crippen molar-refractivity contribution >= 4 is 23.2 Å². The molecule has 0 saturated carbocycles. The summed E-state index contributed by atoms with van der Waals surface area (Å²) in [6, 6.07) is 7.18. The van der Waals surface area contributed by atoms with E-state index in [1.165, 1.54) is 12.4 Å². The first kappa shape index (κ1) is 23.0. The summed E-state index contributed by atoms with van der Waals surface area (Å²) in [5.41, 5.74) is 1.10. The topological polar surface area (TPSA) is 80.8 Å². The van der Waals surface area contributed by atoms with Crippen LogP contribution in [0.15, 0.2) is 29.6 Å². The molecule has 1 amide bonds. The summed E-state index contributed by atoms with van der Waals surface area (Å²) in [6.45, 7) is 2.19. The summed E-state index contributed by atoms with van der Waals surface area (Å²) in [5, 5.41) is 2.80. The number of morpholine rings is 1. The van der Waals surface area contributed by atoms with Crippen molar-refractivity contribution < 1.29 is 32.2 Å². The molecule has 0 bridgehead atoms. The van der Waals surface area contributed by atoms with Crippen molar-refractivity contribution in [3.8, 4) is 5.75 Å². The van der Waals surface area contributed by atoms with Gasteiger partial charge in [0.2, 0.25) is 0 Å². The number of carbonyl (C=O) groups is 2. The number of benzene rings is 1.